The van der Waals surface area contributed by atoms with Crippen LogP contribution in [0.3, 0.4) is 0 Å². The lowest BCUT2D eigenvalue weighted by atomic mass is 10.1. The summed E-state index contributed by atoms with van der Waals surface area (Å²) in [5.41, 5.74) is 5.72. The molecule has 0 amide bonds. The maximum absolute atomic E-state index is 12.0. The molecule has 1 heterocycles. The van der Waals surface area contributed by atoms with Gasteiger partial charge >= 0.3 is 0 Å². The summed E-state index contributed by atoms with van der Waals surface area (Å²) in [6, 6.07) is 0.0448. The van der Waals surface area contributed by atoms with E-state index in [0.717, 1.165) is 19.3 Å². The van der Waals surface area contributed by atoms with Crippen molar-refractivity contribution in [3.63, 3.8) is 0 Å². The Morgan fingerprint density at radius 2 is 1.81 bits per heavy atom. The van der Waals surface area contributed by atoms with Crippen LogP contribution in [0.25, 0.3) is 0 Å². The average molecular weight is 269 g/mol. The molecule has 0 aromatic heterocycles. The van der Waals surface area contributed by atoms with Gasteiger partial charge in [0.1, 0.15) is 0 Å². The number of sulfonamides is 1. The summed E-state index contributed by atoms with van der Waals surface area (Å²) in [5.74, 6) is 0.742. The minimum absolute atomic E-state index is 0. The minimum atomic E-state index is -3.02. The van der Waals surface area contributed by atoms with Crippen molar-refractivity contribution < 1.29 is 8.42 Å². The Morgan fingerprint density at radius 3 is 2.31 bits per heavy atom. The molecular formula is C10H21ClN2O2S. The number of hydrogen-bond acceptors (Lipinski definition) is 3. The zero-order valence-corrected chi connectivity index (χ0v) is 11.1. The minimum Gasteiger partial charge on any atom is -0.326 e. The van der Waals surface area contributed by atoms with Crippen molar-refractivity contribution in [2.45, 2.75) is 38.1 Å². The Morgan fingerprint density at radius 1 is 1.19 bits per heavy atom. The molecule has 2 N–H and O–H groups in total. The molecule has 1 saturated heterocycles. The summed E-state index contributed by atoms with van der Waals surface area (Å²) in [4.78, 5) is 0. The lowest BCUT2D eigenvalue weighted by Gasteiger charge is -2.18. The number of rotatable bonds is 3. The van der Waals surface area contributed by atoms with Gasteiger partial charge < -0.3 is 5.73 Å². The first-order valence-corrected chi connectivity index (χ1v) is 7.42. The lowest BCUT2D eigenvalue weighted by Crippen LogP contribution is -2.35. The molecule has 1 aliphatic heterocycles. The van der Waals surface area contributed by atoms with Crippen LogP contribution in [0, 0.1) is 5.92 Å². The second-order valence-corrected chi connectivity index (χ2v) is 6.85. The van der Waals surface area contributed by atoms with Gasteiger partial charge in [0, 0.05) is 19.1 Å². The second kappa shape index (κ2) is 5.67. The van der Waals surface area contributed by atoms with Crippen molar-refractivity contribution in [1.82, 2.24) is 4.31 Å². The molecule has 2 rings (SSSR count). The second-order valence-electron chi connectivity index (χ2n) is 4.84. The van der Waals surface area contributed by atoms with Crippen LogP contribution in [0.15, 0.2) is 0 Å². The summed E-state index contributed by atoms with van der Waals surface area (Å²) >= 11 is 0. The van der Waals surface area contributed by atoms with E-state index in [0.29, 0.717) is 24.8 Å². The molecule has 2 aliphatic rings. The zero-order valence-electron chi connectivity index (χ0n) is 9.47. The van der Waals surface area contributed by atoms with Gasteiger partial charge in [0.05, 0.1) is 5.75 Å². The van der Waals surface area contributed by atoms with E-state index in [2.05, 4.69) is 0 Å². The summed E-state index contributed by atoms with van der Waals surface area (Å²) < 4.78 is 25.6. The molecule has 0 aromatic rings. The smallest absolute Gasteiger partial charge is 0.214 e. The van der Waals surface area contributed by atoms with E-state index in [4.69, 9.17) is 5.73 Å². The number of hydrogen-bond donors (Lipinski definition) is 1. The lowest BCUT2D eigenvalue weighted by molar-refractivity contribution is 0.459. The summed E-state index contributed by atoms with van der Waals surface area (Å²) in [6.07, 6.45) is 5.36. The van der Waals surface area contributed by atoms with Gasteiger partial charge in [0.25, 0.3) is 0 Å². The largest absolute Gasteiger partial charge is 0.326 e. The van der Waals surface area contributed by atoms with Gasteiger partial charge in [-0.25, -0.2) is 12.7 Å². The van der Waals surface area contributed by atoms with Crippen molar-refractivity contribution in [2.75, 3.05) is 18.8 Å². The molecule has 6 heteroatoms. The first-order chi connectivity index (χ1) is 7.08. The quantitative estimate of drug-likeness (QED) is 0.829. The zero-order chi connectivity index (χ0) is 10.9. The highest BCUT2D eigenvalue weighted by Gasteiger charge is 2.32. The molecule has 4 nitrogen and oxygen atoms in total. The summed E-state index contributed by atoms with van der Waals surface area (Å²) in [5, 5.41) is 0. The van der Waals surface area contributed by atoms with Crippen molar-refractivity contribution in [3.8, 4) is 0 Å². The summed E-state index contributed by atoms with van der Waals surface area (Å²) in [6.45, 7) is 1.14. The van der Waals surface area contributed by atoms with Crippen LogP contribution in [0.1, 0.15) is 32.1 Å². The van der Waals surface area contributed by atoms with E-state index < -0.39 is 10.0 Å². The maximum Gasteiger partial charge on any atom is 0.214 e. The van der Waals surface area contributed by atoms with E-state index in [1.165, 1.54) is 12.8 Å². The molecule has 0 radical (unpaired) electrons. The normalized spacial score (nSPS) is 28.2. The average Bonchev–Trinajstić information content (AvgIpc) is 2.75. The fourth-order valence-electron chi connectivity index (χ4n) is 2.59. The van der Waals surface area contributed by atoms with Crippen molar-refractivity contribution in [3.05, 3.63) is 0 Å². The molecule has 1 atom stereocenters. The third-order valence-electron chi connectivity index (χ3n) is 3.50. The highest BCUT2D eigenvalue weighted by molar-refractivity contribution is 7.89. The number of halogens is 1. The fourth-order valence-corrected chi connectivity index (χ4v) is 4.53. The van der Waals surface area contributed by atoms with Gasteiger partial charge in [-0.15, -0.1) is 12.4 Å². The Kier molecular flexibility index (Phi) is 5.04. The highest BCUT2D eigenvalue weighted by Crippen LogP contribution is 2.27. The molecule has 1 unspecified atom stereocenters. The fraction of sp³-hybridized carbons (Fsp3) is 1.00. The number of nitrogens with zero attached hydrogens (tertiary/aromatic N) is 1. The summed E-state index contributed by atoms with van der Waals surface area (Å²) in [7, 11) is -3.02. The van der Waals surface area contributed by atoms with E-state index in [-0.39, 0.29) is 18.4 Å². The predicted octanol–water partition coefficient (Wildman–Crippen LogP) is 0.961. The molecule has 0 aromatic carbocycles. The van der Waals surface area contributed by atoms with Crippen LogP contribution in [0.2, 0.25) is 0 Å². The molecule has 16 heavy (non-hydrogen) atoms. The van der Waals surface area contributed by atoms with Gasteiger partial charge in [0.15, 0.2) is 0 Å². The van der Waals surface area contributed by atoms with Crippen LogP contribution in [0.4, 0.5) is 0 Å². The van der Waals surface area contributed by atoms with Gasteiger partial charge in [-0.3, -0.25) is 0 Å². The Balaban J connectivity index is 0.00000128. The van der Waals surface area contributed by atoms with E-state index in [9.17, 15) is 8.42 Å². The third-order valence-corrected chi connectivity index (χ3v) is 5.51. The highest BCUT2D eigenvalue weighted by atomic mass is 35.5. The van der Waals surface area contributed by atoms with Crippen molar-refractivity contribution >= 4 is 22.4 Å². The van der Waals surface area contributed by atoms with Gasteiger partial charge in [-0.05, 0) is 25.2 Å². The van der Waals surface area contributed by atoms with E-state index in [1.54, 1.807) is 4.31 Å². The van der Waals surface area contributed by atoms with Crippen LogP contribution >= 0.6 is 12.4 Å². The maximum atomic E-state index is 12.0. The SMILES string of the molecule is Cl.NC1CCN(S(=O)(=O)CC2CCCC2)C1. The Bertz CT molecular complexity index is 315. The molecule has 1 saturated carbocycles. The van der Waals surface area contributed by atoms with Crippen LogP contribution in [-0.4, -0.2) is 37.6 Å². The predicted molar refractivity (Wildman–Crippen MR) is 67.2 cm³/mol. The molecular weight excluding hydrogens is 248 g/mol. The molecule has 1 aliphatic carbocycles. The topological polar surface area (TPSA) is 63.4 Å². The number of nitrogens with two attached hydrogens (primary N) is 1. The van der Waals surface area contributed by atoms with Gasteiger partial charge in [-0.1, -0.05) is 12.8 Å². The van der Waals surface area contributed by atoms with E-state index in [1.807, 2.05) is 0 Å². The van der Waals surface area contributed by atoms with Crippen LogP contribution in [-0.2, 0) is 10.0 Å². The molecule has 96 valence electrons. The van der Waals surface area contributed by atoms with Crippen LogP contribution in [0.5, 0.6) is 0 Å². The third kappa shape index (κ3) is 3.32. The van der Waals surface area contributed by atoms with Gasteiger partial charge in [-0.2, -0.15) is 0 Å². The van der Waals surface area contributed by atoms with Crippen LogP contribution < -0.4 is 5.73 Å². The molecule has 0 bridgehead atoms. The van der Waals surface area contributed by atoms with Crippen molar-refractivity contribution in [1.29, 1.82) is 0 Å². The monoisotopic (exact) mass is 268 g/mol. The Labute approximate surface area is 104 Å². The molecule has 0 spiro atoms. The Hall–Kier alpha value is 0.160. The van der Waals surface area contributed by atoms with Gasteiger partial charge in [0.2, 0.25) is 10.0 Å². The molecule has 2 fully saturated rings. The standard InChI is InChI=1S/C10H20N2O2S.ClH/c11-10-5-6-12(7-10)15(13,14)8-9-3-1-2-4-9;/h9-10H,1-8,11H2;1H. The first kappa shape index (κ1) is 14.2. The van der Waals surface area contributed by atoms with E-state index >= 15 is 0 Å². The first-order valence-electron chi connectivity index (χ1n) is 5.81. The van der Waals surface area contributed by atoms with Crippen molar-refractivity contribution in [2.24, 2.45) is 11.7 Å².